The van der Waals surface area contributed by atoms with Crippen molar-refractivity contribution >= 4 is 23.2 Å². The molecule has 1 aliphatic rings. The number of carbonyl (C=O) groups excluding carboxylic acids is 1. The molecule has 1 saturated heterocycles. The van der Waals surface area contributed by atoms with Crippen molar-refractivity contribution in [3.8, 4) is 6.19 Å². The molecule has 160 valence electrons. The number of nitriles is 1. The van der Waals surface area contributed by atoms with Crippen molar-refractivity contribution in [1.82, 2.24) is 10.2 Å². The van der Waals surface area contributed by atoms with E-state index in [1.54, 1.807) is 17.0 Å². The van der Waals surface area contributed by atoms with Gasteiger partial charge in [0.2, 0.25) is 0 Å². The van der Waals surface area contributed by atoms with Gasteiger partial charge in [-0.15, -0.1) is 0 Å². The maximum Gasteiger partial charge on any atom is 0.254 e. The molecular weight excluding hydrogens is 412 g/mol. The van der Waals surface area contributed by atoms with Gasteiger partial charge in [0.1, 0.15) is 11.4 Å². The Labute approximate surface area is 186 Å². The minimum atomic E-state index is -0.770. The van der Waals surface area contributed by atoms with Gasteiger partial charge in [-0.1, -0.05) is 48.0 Å². The van der Waals surface area contributed by atoms with Crippen LogP contribution in [0.4, 0.5) is 0 Å². The van der Waals surface area contributed by atoms with E-state index in [2.05, 4.69) is 11.5 Å². The van der Waals surface area contributed by atoms with Crippen molar-refractivity contribution in [3.63, 3.8) is 0 Å². The van der Waals surface area contributed by atoms with Gasteiger partial charge in [0.05, 0.1) is 5.71 Å². The number of piperidine rings is 1. The summed E-state index contributed by atoms with van der Waals surface area (Å²) in [6.45, 7) is 1.20. The molecule has 8 heteroatoms. The number of halogens is 1. The molecule has 3 rings (SSSR count). The Bertz CT molecular complexity index is 1020. The number of primary amides is 1. The normalized spacial score (nSPS) is 16.8. The smallest absolute Gasteiger partial charge is 0.254 e. The lowest BCUT2D eigenvalue weighted by atomic mass is 9.98. The molecule has 1 unspecified atom stereocenters. The molecule has 0 bridgehead atoms. The van der Waals surface area contributed by atoms with Gasteiger partial charge in [0, 0.05) is 29.7 Å². The van der Waals surface area contributed by atoms with Crippen LogP contribution in [-0.2, 0) is 11.2 Å². The fourth-order valence-electron chi connectivity index (χ4n) is 3.64. The summed E-state index contributed by atoms with van der Waals surface area (Å²) in [6, 6.07) is 14.9. The molecule has 6 N–H and O–H groups in total. The van der Waals surface area contributed by atoms with Crippen molar-refractivity contribution in [2.24, 2.45) is 11.5 Å². The van der Waals surface area contributed by atoms with Crippen LogP contribution in [0.3, 0.4) is 0 Å². The first-order valence-corrected chi connectivity index (χ1v) is 10.4. The molecule has 1 amide bonds. The maximum absolute atomic E-state index is 12.1. The molecule has 1 atom stereocenters. The number of nitrogens with one attached hydrogen (secondary N) is 2. The molecule has 1 aliphatic heterocycles. The van der Waals surface area contributed by atoms with Crippen molar-refractivity contribution in [1.29, 1.82) is 10.7 Å². The van der Waals surface area contributed by atoms with Crippen LogP contribution < -0.4 is 16.8 Å². The van der Waals surface area contributed by atoms with E-state index in [-0.39, 0.29) is 23.1 Å². The largest absolute Gasteiger partial charge is 0.385 e. The molecule has 0 aliphatic carbocycles. The van der Waals surface area contributed by atoms with E-state index in [1.807, 2.05) is 36.4 Å². The average Bonchev–Trinajstić information content (AvgIpc) is 2.75. The highest BCUT2D eigenvalue weighted by Gasteiger charge is 2.23. The summed E-state index contributed by atoms with van der Waals surface area (Å²) in [5.41, 5.74) is 14.3. The number of carbonyl (C=O) groups is 1. The number of hydrogen-bond acceptors (Lipinski definition) is 6. The zero-order valence-corrected chi connectivity index (χ0v) is 17.8. The molecule has 2 aromatic rings. The van der Waals surface area contributed by atoms with E-state index in [0.29, 0.717) is 23.7 Å². The van der Waals surface area contributed by atoms with Gasteiger partial charge in [-0.2, -0.15) is 5.26 Å². The first kappa shape index (κ1) is 22.2. The lowest BCUT2D eigenvalue weighted by molar-refractivity contribution is -0.114. The van der Waals surface area contributed by atoms with Gasteiger partial charge < -0.3 is 21.7 Å². The second kappa shape index (κ2) is 10.0. The highest BCUT2D eigenvalue weighted by atomic mass is 35.5. The van der Waals surface area contributed by atoms with E-state index in [0.717, 1.165) is 30.4 Å². The SMILES string of the molecule is N#CN1CCCC(N/C(N)=C(\C(=N)c2ccc(Cc3ccc(Cl)cc3)cc2)C(N)=O)C1. The van der Waals surface area contributed by atoms with Crippen LogP contribution in [0.25, 0.3) is 0 Å². The van der Waals surface area contributed by atoms with Gasteiger partial charge in [0.15, 0.2) is 6.19 Å². The quantitative estimate of drug-likeness (QED) is 0.300. The van der Waals surface area contributed by atoms with Gasteiger partial charge in [0.25, 0.3) is 5.91 Å². The monoisotopic (exact) mass is 436 g/mol. The Hall–Kier alpha value is -3.50. The molecule has 7 nitrogen and oxygen atoms in total. The topological polar surface area (TPSA) is 132 Å². The highest BCUT2D eigenvalue weighted by molar-refractivity contribution is 6.30. The maximum atomic E-state index is 12.1. The number of rotatable bonds is 7. The third-order valence-electron chi connectivity index (χ3n) is 5.25. The third kappa shape index (κ3) is 5.77. The van der Waals surface area contributed by atoms with E-state index in [4.69, 9.17) is 33.7 Å². The number of hydrogen-bond donors (Lipinski definition) is 4. The van der Waals surface area contributed by atoms with E-state index < -0.39 is 5.91 Å². The molecule has 0 saturated carbocycles. The molecule has 0 aromatic heterocycles. The van der Waals surface area contributed by atoms with Crippen molar-refractivity contribution < 1.29 is 4.79 Å². The van der Waals surface area contributed by atoms with Crippen LogP contribution >= 0.6 is 11.6 Å². The Morgan fingerprint density at radius 1 is 1.16 bits per heavy atom. The lowest BCUT2D eigenvalue weighted by Crippen LogP contribution is -2.46. The standard InChI is InChI=1S/C23H25ClN6O/c24-18-9-5-16(6-10-18)12-15-3-7-17(8-4-15)21(26)20(23(28)31)22(27)29-19-2-1-11-30(13-19)14-25/h3-10,19,26,29H,1-2,11-13,27H2,(H2,28,31)/b22-20+,26-21?. The van der Waals surface area contributed by atoms with Crippen LogP contribution in [0.1, 0.15) is 29.5 Å². The Kier molecular flexibility index (Phi) is 7.16. The molecule has 0 radical (unpaired) electrons. The summed E-state index contributed by atoms with van der Waals surface area (Å²) in [5, 5.41) is 21.4. The molecule has 1 fully saturated rings. The summed E-state index contributed by atoms with van der Waals surface area (Å²) in [4.78, 5) is 13.7. The summed E-state index contributed by atoms with van der Waals surface area (Å²) >= 11 is 5.93. The van der Waals surface area contributed by atoms with Gasteiger partial charge in [-0.25, -0.2) is 0 Å². The summed E-state index contributed by atoms with van der Waals surface area (Å²) in [7, 11) is 0. The third-order valence-corrected chi connectivity index (χ3v) is 5.50. The molecule has 2 aromatic carbocycles. The van der Waals surface area contributed by atoms with Gasteiger partial charge in [-0.3, -0.25) is 10.2 Å². The number of nitrogens with two attached hydrogens (primary N) is 2. The van der Waals surface area contributed by atoms with Gasteiger partial charge in [-0.05, 0) is 42.5 Å². The van der Waals surface area contributed by atoms with Crippen molar-refractivity contribution in [2.75, 3.05) is 13.1 Å². The Morgan fingerprint density at radius 3 is 2.35 bits per heavy atom. The van der Waals surface area contributed by atoms with Gasteiger partial charge >= 0.3 is 0 Å². The van der Waals surface area contributed by atoms with E-state index in [1.165, 1.54) is 0 Å². The number of benzene rings is 2. The second-order valence-electron chi connectivity index (χ2n) is 7.56. The number of nitrogens with zero attached hydrogens (tertiary/aromatic N) is 2. The molecular formula is C23H25ClN6O. The first-order valence-electron chi connectivity index (χ1n) is 10.0. The zero-order valence-electron chi connectivity index (χ0n) is 17.1. The zero-order chi connectivity index (χ0) is 22.4. The minimum Gasteiger partial charge on any atom is -0.385 e. The number of likely N-dealkylation sites (tertiary alicyclic amines) is 1. The van der Waals surface area contributed by atoms with Crippen molar-refractivity contribution in [3.05, 3.63) is 81.6 Å². The predicted octanol–water partition coefficient (Wildman–Crippen LogP) is 2.49. The van der Waals surface area contributed by atoms with Crippen LogP contribution in [0.2, 0.25) is 5.02 Å². The molecule has 1 heterocycles. The number of amides is 1. The fraction of sp³-hybridized carbons (Fsp3) is 0.261. The van der Waals surface area contributed by atoms with Crippen LogP contribution in [0.15, 0.2) is 59.9 Å². The highest BCUT2D eigenvalue weighted by Crippen LogP contribution is 2.17. The van der Waals surface area contributed by atoms with E-state index in [9.17, 15) is 4.79 Å². The van der Waals surface area contributed by atoms with Crippen LogP contribution in [0.5, 0.6) is 0 Å². The predicted molar refractivity (Wildman–Crippen MR) is 121 cm³/mol. The molecule has 31 heavy (non-hydrogen) atoms. The summed E-state index contributed by atoms with van der Waals surface area (Å²) in [6.07, 6.45) is 4.52. The summed E-state index contributed by atoms with van der Waals surface area (Å²) in [5.74, 6) is -0.708. The van der Waals surface area contributed by atoms with Crippen molar-refractivity contribution in [2.45, 2.75) is 25.3 Å². The molecule has 0 spiro atoms. The van der Waals surface area contributed by atoms with Crippen LogP contribution in [0, 0.1) is 16.9 Å². The first-order chi connectivity index (χ1) is 14.9. The van der Waals surface area contributed by atoms with Crippen LogP contribution in [-0.4, -0.2) is 35.7 Å². The fourth-order valence-corrected chi connectivity index (χ4v) is 3.77. The van der Waals surface area contributed by atoms with E-state index >= 15 is 0 Å². The second-order valence-corrected chi connectivity index (χ2v) is 7.99. The lowest BCUT2D eigenvalue weighted by Gasteiger charge is -2.30. The summed E-state index contributed by atoms with van der Waals surface area (Å²) < 4.78 is 0. The minimum absolute atomic E-state index is 0.0384. The average molecular weight is 437 g/mol. The Balaban J connectivity index is 1.74. The Morgan fingerprint density at radius 2 is 1.77 bits per heavy atom.